The van der Waals surface area contributed by atoms with Crippen LogP contribution in [0.1, 0.15) is 45.1 Å². The third-order valence-corrected chi connectivity index (χ3v) is 5.69. The Kier molecular flexibility index (Phi) is 9.64. The molecule has 2 N–H and O–H groups in total. The maximum absolute atomic E-state index is 5.76. The van der Waals surface area contributed by atoms with Gasteiger partial charge in [0, 0.05) is 44.7 Å². The number of nitrogens with zero attached hydrogens (tertiary/aromatic N) is 1. The quantitative estimate of drug-likeness (QED) is 0.354. The molecule has 1 atom stereocenters. The number of hydrogen-bond acceptors (Lipinski definition) is 3. The van der Waals surface area contributed by atoms with Crippen molar-refractivity contribution in [1.82, 2.24) is 10.6 Å². The number of ether oxygens (including phenoxy) is 2. The van der Waals surface area contributed by atoms with Crippen molar-refractivity contribution >= 4 is 5.96 Å². The van der Waals surface area contributed by atoms with Crippen LogP contribution in [0.5, 0.6) is 0 Å². The van der Waals surface area contributed by atoms with Crippen molar-refractivity contribution < 1.29 is 9.47 Å². The van der Waals surface area contributed by atoms with Crippen molar-refractivity contribution in [2.45, 2.75) is 44.9 Å². The molecule has 1 aliphatic rings. The summed E-state index contributed by atoms with van der Waals surface area (Å²) in [6.45, 7) is 9.60. The number of guanidine groups is 1. The molecule has 5 heteroatoms. The summed E-state index contributed by atoms with van der Waals surface area (Å²) in [5.74, 6) is 1.45. The Labute approximate surface area is 164 Å². The van der Waals surface area contributed by atoms with Gasteiger partial charge in [-0.05, 0) is 31.2 Å². The van der Waals surface area contributed by atoms with E-state index in [4.69, 9.17) is 9.47 Å². The Morgan fingerprint density at radius 3 is 2.63 bits per heavy atom. The van der Waals surface area contributed by atoms with Gasteiger partial charge in [-0.3, -0.25) is 4.99 Å². The molecule has 2 rings (SSSR count). The summed E-state index contributed by atoms with van der Waals surface area (Å²) in [4.78, 5) is 4.37. The molecular formula is C22H37N3O2. The molecule has 5 nitrogen and oxygen atoms in total. The molecular weight excluding hydrogens is 338 g/mol. The van der Waals surface area contributed by atoms with Crippen LogP contribution in [-0.4, -0.2) is 52.5 Å². The molecule has 0 bridgehead atoms. The summed E-state index contributed by atoms with van der Waals surface area (Å²) in [6, 6.07) is 10.8. The first-order valence-corrected chi connectivity index (χ1v) is 10.4. The number of rotatable bonds is 11. The van der Waals surface area contributed by atoms with Crippen molar-refractivity contribution in [1.29, 1.82) is 0 Å². The van der Waals surface area contributed by atoms with Crippen molar-refractivity contribution in [3.63, 3.8) is 0 Å². The summed E-state index contributed by atoms with van der Waals surface area (Å²) in [7, 11) is 1.83. The van der Waals surface area contributed by atoms with Gasteiger partial charge in [0.2, 0.25) is 0 Å². The predicted octanol–water partition coefficient (Wildman–Crippen LogP) is 3.35. The highest BCUT2D eigenvalue weighted by atomic mass is 16.5. The van der Waals surface area contributed by atoms with E-state index in [1.54, 1.807) is 0 Å². The third-order valence-electron chi connectivity index (χ3n) is 5.69. The monoisotopic (exact) mass is 375 g/mol. The molecule has 27 heavy (non-hydrogen) atoms. The molecule has 0 aromatic heterocycles. The fourth-order valence-corrected chi connectivity index (χ4v) is 3.62. The zero-order chi connectivity index (χ0) is 19.4. The minimum Gasteiger partial charge on any atom is -0.381 e. The van der Waals surface area contributed by atoms with Gasteiger partial charge >= 0.3 is 0 Å². The van der Waals surface area contributed by atoms with E-state index >= 15 is 0 Å². The highest BCUT2D eigenvalue weighted by molar-refractivity contribution is 5.79. The Hall–Kier alpha value is -1.59. The first-order chi connectivity index (χ1) is 13.2. The van der Waals surface area contributed by atoms with Crippen LogP contribution in [0.3, 0.4) is 0 Å². The molecule has 0 saturated carbocycles. The third kappa shape index (κ3) is 6.82. The van der Waals surface area contributed by atoms with Gasteiger partial charge in [0.25, 0.3) is 0 Å². The van der Waals surface area contributed by atoms with E-state index < -0.39 is 0 Å². The first-order valence-electron chi connectivity index (χ1n) is 10.4. The van der Waals surface area contributed by atoms with Crippen molar-refractivity contribution in [3.05, 3.63) is 35.9 Å². The average molecular weight is 376 g/mol. The lowest BCUT2D eigenvalue weighted by Gasteiger charge is -2.33. The normalized spacial score (nSPS) is 17.9. The second-order valence-corrected chi connectivity index (χ2v) is 7.36. The molecule has 1 aromatic rings. The van der Waals surface area contributed by atoms with Crippen LogP contribution in [0.15, 0.2) is 35.3 Å². The molecule has 1 saturated heterocycles. The lowest BCUT2D eigenvalue weighted by molar-refractivity contribution is 0.0888. The van der Waals surface area contributed by atoms with Crippen LogP contribution in [0.4, 0.5) is 0 Å². The minimum absolute atomic E-state index is 0.130. The Bertz CT molecular complexity index is 538. The standard InChI is InChI=1S/C22H37N3O2/c1-4-22(5-2,20-10-7-6-8-11-20)18-25-21(23-3)24-13-9-14-26-16-19-12-15-27-17-19/h6-8,10-11,19H,4-5,9,12-18H2,1-3H3,(H2,23,24,25). The topological polar surface area (TPSA) is 54.9 Å². The van der Waals surface area contributed by atoms with Crippen LogP contribution in [0.25, 0.3) is 0 Å². The number of hydrogen-bond donors (Lipinski definition) is 2. The summed E-state index contributed by atoms with van der Waals surface area (Å²) in [5, 5.41) is 6.93. The van der Waals surface area contributed by atoms with Gasteiger partial charge in [-0.1, -0.05) is 44.2 Å². The fraction of sp³-hybridized carbons (Fsp3) is 0.682. The van der Waals surface area contributed by atoms with E-state index in [0.717, 1.165) is 71.2 Å². The zero-order valence-electron chi connectivity index (χ0n) is 17.3. The highest BCUT2D eigenvalue weighted by Crippen LogP contribution is 2.30. The number of aliphatic imine (C=N–C) groups is 1. The van der Waals surface area contributed by atoms with Gasteiger partial charge in [-0.25, -0.2) is 0 Å². The maximum Gasteiger partial charge on any atom is 0.191 e. The second kappa shape index (κ2) is 12.0. The van der Waals surface area contributed by atoms with E-state index in [2.05, 4.69) is 59.8 Å². The van der Waals surface area contributed by atoms with Gasteiger partial charge in [-0.15, -0.1) is 0 Å². The summed E-state index contributed by atoms with van der Waals surface area (Å²) >= 11 is 0. The predicted molar refractivity (Wildman–Crippen MR) is 112 cm³/mol. The van der Waals surface area contributed by atoms with Gasteiger partial charge in [-0.2, -0.15) is 0 Å². The van der Waals surface area contributed by atoms with Crippen LogP contribution >= 0.6 is 0 Å². The van der Waals surface area contributed by atoms with E-state index in [0.29, 0.717) is 5.92 Å². The zero-order valence-corrected chi connectivity index (χ0v) is 17.3. The van der Waals surface area contributed by atoms with Crippen molar-refractivity contribution in [2.75, 3.05) is 46.6 Å². The number of nitrogens with one attached hydrogen (secondary N) is 2. The molecule has 0 spiro atoms. The summed E-state index contributed by atoms with van der Waals surface area (Å²) < 4.78 is 11.1. The number of benzene rings is 1. The van der Waals surface area contributed by atoms with E-state index in [1.165, 1.54) is 5.56 Å². The van der Waals surface area contributed by atoms with Crippen molar-refractivity contribution in [2.24, 2.45) is 10.9 Å². The summed E-state index contributed by atoms with van der Waals surface area (Å²) in [6.07, 6.45) is 4.29. The SMILES string of the molecule is CCC(CC)(CNC(=NC)NCCCOCC1CCOC1)c1ccccc1. The van der Waals surface area contributed by atoms with Gasteiger partial charge in [0.15, 0.2) is 5.96 Å². The van der Waals surface area contributed by atoms with E-state index in [-0.39, 0.29) is 5.41 Å². The van der Waals surface area contributed by atoms with Crippen LogP contribution < -0.4 is 10.6 Å². The Balaban J connectivity index is 1.70. The molecule has 0 aliphatic carbocycles. The molecule has 0 amide bonds. The molecule has 1 unspecified atom stereocenters. The Morgan fingerprint density at radius 2 is 2.00 bits per heavy atom. The maximum atomic E-state index is 5.76. The fourth-order valence-electron chi connectivity index (χ4n) is 3.62. The molecule has 1 aromatic carbocycles. The lowest BCUT2D eigenvalue weighted by Crippen LogP contribution is -2.45. The lowest BCUT2D eigenvalue weighted by atomic mass is 9.76. The smallest absolute Gasteiger partial charge is 0.191 e. The molecule has 1 fully saturated rings. The second-order valence-electron chi connectivity index (χ2n) is 7.36. The van der Waals surface area contributed by atoms with Gasteiger partial charge in [0.1, 0.15) is 0 Å². The Morgan fingerprint density at radius 1 is 1.22 bits per heavy atom. The van der Waals surface area contributed by atoms with Crippen LogP contribution in [0, 0.1) is 5.92 Å². The van der Waals surface area contributed by atoms with E-state index in [1.807, 2.05) is 7.05 Å². The molecule has 0 radical (unpaired) electrons. The minimum atomic E-state index is 0.130. The van der Waals surface area contributed by atoms with Gasteiger partial charge in [0.05, 0.1) is 13.2 Å². The highest BCUT2D eigenvalue weighted by Gasteiger charge is 2.28. The molecule has 1 aliphatic heterocycles. The van der Waals surface area contributed by atoms with E-state index in [9.17, 15) is 0 Å². The van der Waals surface area contributed by atoms with Gasteiger partial charge < -0.3 is 20.1 Å². The summed E-state index contributed by atoms with van der Waals surface area (Å²) in [5.41, 5.74) is 1.52. The average Bonchev–Trinajstić information content (AvgIpc) is 3.24. The molecule has 1 heterocycles. The molecule has 152 valence electrons. The van der Waals surface area contributed by atoms with Crippen molar-refractivity contribution in [3.8, 4) is 0 Å². The first kappa shape index (κ1) is 21.7. The van der Waals surface area contributed by atoms with Crippen LogP contribution in [0.2, 0.25) is 0 Å². The largest absolute Gasteiger partial charge is 0.381 e. The van der Waals surface area contributed by atoms with Crippen LogP contribution in [-0.2, 0) is 14.9 Å².